The Morgan fingerprint density at radius 1 is 1.17 bits per heavy atom. The van der Waals surface area contributed by atoms with Crippen molar-refractivity contribution in [2.24, 2.45) is 5.92 Å². The lowest BCUT2D eigenvalue weighted by Crippen LogP contribution is -1.96. The van der Waals surface area contributed by atoms with Gasteiger partial charge in [0.1, 0.15) is 0 Å². The minimum atomic E-state index is 0.950. The van der Waals surface area contributed by atoms with E-state index in [2.05, 4.69) is 19.9 Å². The van der Waals surface area contributed by atoms with Gasteiger partial charge in [0, 0.05) is 0 Å². The molecule has 1 aliphatic carbocycles. The second kappa shape index (κ2) is 5.40. The Balaban J connectivity index is 2.36. The van der Waals surface area contributed by atoms with Crippen LogP contribution in [-0.2, 0) is 0 Å². The van der Waals surface area contributed by atoms with Crippen LogP contribution >= 0.6 is 0 Å². The highest BCUT2D eigenvalue weighted by atomic mass is 14.1. The zero-order chi connectivity index (χ0) is 8.81. The van der Waals surface area contributed by atoms with Gasteiger partial charge in [-0.1, -0.05) is 37.8 Å². The number of allylic oxidation sites excluding steroid dienone is 2. The first-order valence-electron chi connectivity index (χ1n) is 5.44. The molecular formula is C12H22. The predicted molar refractivity (Wildman–Crippen MR) is 55.2 cm³/mol. The maximum absolute atomic E-state index is 2.44. The molecule has 1 unspecified atom stereocenters. The average Bonchev–Trinajstić information content (AvgIpc) is 2.07. The highest BCUT2D eigenvalue weighted by Crippen LogP contribution is 2.20. The molecule has 1 atom stereocenters. The molecule has 0 N–H and O–H groups in total. The van der Waals surface area contributed by atoms with Gasteiger partial charge in [0.25, 0.3) is 0 Å². The first-order chi connectivity index (χ1) is 5.79. The van der Waals surface area contributed by atoms with E-state index in [1.54, 1.807) is 5.57 Å². The molecule has 0 aliphatic heterocycles. The van der Waals surface area contributed by atoms with Crippen molar-refractivity contribution in [2.75, 3.05) is 0 Å². The van der Waals surface area contributed by atoms with Crippen molar-refractivity contribution >= 4 is 0 Å². The van der Waals surface area contributed by atoms with Gasteiger partial charge < -0.3 is 0 Å². The lowest BCUT2D eigenvalue weighted by Gasteiger charge is -2.13. The van der Waals surface area contributed by atoms with Crippen molar-refractivity contribution in [3.8, 4) is 0 Å². The van der Waals surface area contributed by atoms with Gasteiger partial charge in [-0.15, -0.1) is 0 Å². The molecule has 1 rings (SSSR count). The fourth-order valence-corrected chi connectivity index (χ4v) is 1.88. The summed E-state index contributed by atoms with van der Waals surface area (Å²) in [6.45, 7) is 4.68. The number of rotatable bonds is 0. The molecule has 1 aliphatic rings. The van der Waals surface area contributed by atoms with Crippen LogP contribution in [0.3, 0.4) is 0 Å². The summed E-state index contributed by atoms with van der Waals surface area (Å²) in [7, 11) is 0. The van der Waals surface area contributed by atoms with Crippen molar-refractivity contribution in [1.29, 1.82) is 0 Å². The maximum Gasteiger partial charge on any atom is -0.0321 e. The van der Waals surface area contributed by atoms with Crippen LogP contribution in [0.25, 0.3) is 0 Å². The zero-order valence-electron chi connectivity index (χ0n) is 8.60. The Labute approximate surface area is 77.1 Å². The highest BCUT2D eigenvalue weighted by Gasteiger charge is 2.03. The van der Waals surface area contributed by atoms with E-state index in [4.69, 9.17) is 0 Å². The SMILES string of the molecule is CC1=CCCCCCC(C)CC1. The summed E-state index contributed by atoms with van der Waals surface area (Å²) in [5, 5.41) is 0. The normalized spacial score (nSPS) is 27.8. The third-order valence-electron chi connectivity index (χ3n) is 2.93. The summed E-state index contributed by atoms with van der Waals surface area (Å²) >= 11 is 0. The van der Waals surface area contributed by atoms with Gasteiger partial charge in [0.15, 0.2) is 0 Å². The summed E-state index contributed by atoms with van der Waals surface area (Å²) in [6, 6.07) is 0. The summed E-state index contributed by atoms with van der Waals surface area (Å²) in [5.74, 6) is 0.950. The Kier molecular flexibility index (Phi) is 4.42. The average molecular weight is 166 g/mol. The van der Waals surface area contributed by atoms with Gasteiger partial charge in [-0.05, 0) is 38.5 Å². The highest BCUT2D eigenvalue weighted by molar-refractivity contribution is 4.98. The van der Waals surface area contributed by atoms with Crippen molar-refractivity contribution in [3.05, 3.63) is 11.6 Å². The first kappa shape index (κ1) is 9.83. The molecule has 0 fully saturated rings. The summed E-state index contributed by atoms with van der Waals surface area (Å²) in [6.07, 6.45) is 12.3. The summed E-state index contributed by atoms with van der Waals surface area (Å²) in [5.41, 5.74) is 1.61. The molecule has 0 saturated carbocycles. The van der Waals surface area contributed by atoms with Crippen LogP contribution < -0.4 is 0 Å². The lowest BCUT2D eigenvalue weighted by atomic mass is 9.94. The van der Waals surface area contributed by atoms with Crippen molar-refractivity contribution < 1.29 is 0 Å². The Morgan fingerprint density at radius 2 is 2.00 bits per heavy atom. The minimum absolute atomic E-state index is 0.950. The predicted octanol–water partition coefficient (Wildman–Crippen LogP) is 4.31. The molecule has 0 nitrogen and oxygen atoms in total. The molecule has 12 heavy (non-hydrogen) atoms. The van der Waals surface area contributed by atoms with Crippen LogP contribution in [0, 0.1) is 5.92 Å². The molecule has 0 bridgehead atoms. The van der Waals surface area contributed by atoms with Crippen LogP contribution in [0.2, 0.25) is 0 Å². The number of hydrogen-bond donors (Lipinski definition) is 0. The standard InChI is InChI=1S/C12H22/c1-11-7-5-3-4-6-8-12(2)10-9-11/h7,12H,3-6,8-10H2,1-2H3. The van der Waals surface area contributed by atoms with E-state index in [9.17, 15) is 0 Å². The molecule has 0 aromatic carbocycles. The molecule has 0 radical (unpaired) electrons. The van der Waals surface area contributed by atoms with Crippen molar-refractivity contribution in [1.82, 2.24) is 0 Å². The van der Waals surface area contributed by atoms with E-state index in [1.807, 2.05) is 0 Å². The molecular weight excluding hydrogens is 144 g/mol. The number of hydrogen-bond acceptors (Lipinski definition) is 0. The van der Waals surface area contributed by atoms with E-state index >= 15 is 0 Å². The van der Waals surface area contributed by atoms with Crippen LogP contribution in [0.5, 0.6) is 0 Å². The van der Waals surface area contributed by atoms with Gasteiger partial charge in [-0.2, -0.15) is 0 Å². The zero-order valence-corrected chi connectivity index (χ0v) is 8.60. The Hall–Kier alpha value is -0.260. The fourth-order valence-electron chi connectivity index (χ4n) is 1.88. The van der Waals surface area contributed by atoms with Crippen LogP contribution in [0.1, 0.15) is 58.8 Å². The second-order valence-electron chi connectivity index (χ2n) is 4.33. The summed E-state index contributed by atoms with van der Waals surface area (Å²) in [4.78, 5) is 0. The van der Waals surface area contributed by atoms with Gasteiger partial charge in [-0.25, -0.2) is 0 Å². The molecule has 0 aromatic heterocycles. The largest absolute Gasteiger partial charge is 0.0856 e. The van der Waals surface area contributed by atoms with Gasteiger partial charge in [-0.3, -0.25) is 0 Å². The van der Waals surface area contributed by atoms with Gasteiger partial charge in [0.2, 0.25) is 0 Å². The van der Waals surface area contributed by atoms with E-state index in [1.165, 1.54) is 44.9 Å². The smallest absolute Gasteiger partial charge is 0.0321 e. The topological polar surface area (TPSA) is 0 Å². The Morgan fingerprint density at radius 3 is 2.83 bits per heavy atom. The molecule has 0 saturated heterocycles. The van der Waals surface area contributed by atoms with E-state index < -0.39 is 0 Å². The molecule has 70 valence electrons. The van der Waals surface area contributed by atoms with Crippen LogP contribution in [-0.4, -0.2) is 0 Å². The third-order valence-corrected chi connectivity index (χ3v) is 2.93. The monoisotopic (exact) mass is 166 g/mol. The van der Waals surface area contributed by atoms with Crippen molar-refractivity contribution in [3.63, 3.8) is 0 Å². The molecule has 0 amide bonds. The first-order valence-corrected chi connectivity index (χ1v) is 5.44. The molecule has 0 heterocycles. The fraction of sp³-hybridized carbons (Fsp3) is 0.833. The molecule has 0 aromatic rings. The van der Waals surface area contributed by atoms with E-state index in [0.717, 1.165) is 5.92 Å². The quantitative estimate of drug-likeness (QED) is 0.470. The van der Waals surface area contributed by atoms with E-state index in [-0.39, 0.29) is 0 Å². The third kappa shape index (κ3) is 3.94. The molecule has 0 heteroatoms. The van der Waals surface area contributed by atoms with Crippen LogP contribution in [0.4, 0.5) is 0 Å². The second-order valence-corrected chi connectivity index (χ2v) is 4.33. The van der Waals surface area contributed by atoms with Crippen LogP contribution in [0.15, 0.2) is 11.6 Å². The van der Waals surface area contributed by atoms with Crippen molar-refractivity contribution in [2.45, 2.75) is 58.8 Å². The lowest BCUT2D eigenvalue weighted by molar-refractivity contribution is 0.456. The van der Waals surface area contributed by atoms with E-state index in [0.29, 0.717) is 0 Å². The van der Waals surface area contributed by atoms with Gasteiger partial charge >= 0.3 is 0 Å². The van der Waals surface area contributed by atoms with Gasteiger partial charge in [0.05, 0.1) is 0 Å². The summed E-state index contributed by atoms with van der Waals surface area (Å²) < 4.78 is 0. The molecule has 0 spiro atoms. The maximum atomic E-state index is 2.44. The Bertz CT molecular complexity index is 144. The minimum Gasteiger partial charge on any atom is -0.0856 e.